The quantitative estimate of drug-likeness (QED) is 0.279. The third-order valence-electron chi connectivity index (χ3n) is 4.22. The minimum absolute atomic E-state index is 0.136. The summed E-state index contributed by atoms with van der Waals surface area (Å²) in [5.74, 6) is 0.371. The molecule has 1 amide bonds. The molecule has 0 aliphatic carbocycles. The first-order valence-electron chi connectivity index (χ1n) is 8.85. The fraction of sp³-hybridized carbons (Fsp3) is 0.250. The number of nitrogens with zero attached hydrogens (tertiary/aromatic N) is 1. The van der Waals surface area contributed by atoms with E-state index in [0.29, 0.717) is 30.8 Å². The third-order valence-corrected chi connectivity index (χ3v) is 4.22. The van der Waals surface area contributed by atoms with E-state index in [4.69, 9.17) is 5.41 Å². The summed E-state index contributed by atoms with van der Waals surface area (Å²) >= 11 is 0. The van der Waals surface area contributed by atoms with E-state index in [1.54, 1.807) is 12.1 Å². The molecule has 1 atom stereocenters. The molecule has 0 aliphatic rings. The average molecular weight is 367 g/mol. The van der Waals surface area contributed by atoms with Crippen LogP contribution in [0.15, 0.2) is 54.6 Å². The summed E-state index contributed by atoms with van der Waals surface area (Å²) < 4.78 is 12.4. The van der Waals surface area contributed by atoms with Crippen molar-refractivity contribution in [1.82, 2.24) is 20.6 Å². The van der Waals surface area contributed by atoms with Gasteiger partial charge in [-0.3, -0.25) is 10.2 Å². The van der Waals surface area contributed by atoms with E-state index in [-0.39, 0.29) is 17.8 Å². The number of benzene rings is 2. The minimum atomic E-state index is -0.808. The molecule has 0 radical (unpaired) electrons. The average Bonchev–Trinajstić information content (AvgIpc) is 3.14. The fourth-order valence-electron chi connectivity index (χ4n) is 2.84. The van der Waals surface area contributed by atoms with Crippen molar-refractivity contribution in [3.8, 4) is 0 Å². The van der Waals surface area contributed by atoms with Crippen molar-refractivity contribution in [2.45, 2.75) is 18.9 Å². The van der Waals surface area contributed by atoms with Gasteiger partial charge in [-0.15, -0.1) is 0 Å². The predicted octanol–water partition coefficient (Wildman–Crippen LogP) is 3.35. The molecule has 0 fully saturated rings. The molecule has 0 saturated heterocycles. The number of aromatic nitrogens is 2. The van der Waals surface area contributed by atoms with E-state index in [0.717, 1.165) is 11.0 Å². The molecular formula is C20H22FN5O. The second-order valence-corrected chi connectivity index (χ2v) is 6.21. The van der Waals surface area contributed by atoms with Gasteiger partial charge in [-0.1, -0.05) is 30.3 Å². The molecule has 3 rings (SSSR count). The van der Waals surface area contributed by atoms with Crippen molar-refractivity contribution in [3.63, 3.8) is 0 Å². The Bertz CT molecular complexity index is 876. The zero-order valence-corrected chi connectivity index (χ0v) is 14.8. The number of hydrogen-bond acceptors (Lipinski definition) is 3. The number of rotatable bonds is 8. The maximum Gasteiger partial charge on any atom is 0.251 e. The summed E-state index contributed by atoms with van der Waals surface area (Å²) in [4.78, 5) is 20.4. The van der Waals surface area contributed by atoms with E-state index in [2.05, 4.69) is 20.6 Å². The summed E-state index contributed by atoms with van der Waals surface area (Å²) in [6.07, 6.45) is 1.25. The highest BCUT2D eigenvalue weighted by molar-refractivity contribution is 5.94. The highest BCUT2D eigenvalue weighted by atomic mass is 19.1. The molecule has 0 saturated carbocycles. The lowest BCUT2D eigenvalue weighted by Gasteiger charge is -2.17. The topological polar surface area (TPSA) is 93.7 Å². The van der Waals surface area contributed by atoms with Crippen molar-refractivity contribution < 1.29 is 9.18 Å². The van der Waals surface area contributed by atoms with E-state index >= 15 is 0 Å². The lowest BCUT2D eigenvalue weighted by molar-refractivity contribution is 0.0932. The number of hydrogen-bond donors (Lipinski definition) is 4. The number of carbonyl (C=O) groups excluding carboxylic acids is 1. The van der Waals surface area contributed by atoms with Crippen molar-refractivity contribution >= 4 is 22.8 Å². The summed E-state index contributed by atoms with van der Waals surface area (Å²) in [7, 11) is 0. The van der Waals surface area contributed by atoms with Gasteiger partial charge in [0.15, 0.2) is 0 Å². The standard InChI is InChI=1S/C20H22FN5O/c21-13-18(22)23-12-6-11-17(26-20(27)14-7-2-1-3-8-14)19-24-15-9-4-5-10-16(15)25-19/h1-5,7-10,17H,6,11-13H2,(H2,22,23)(H,24,25)(H,26,27)/t17-/m0/s1. The Morgan fingerprint density at radius 1 is 1.15 bits per heavy atom. The molecule has 1 heterocycles. The molecule has 27 heavy (non-hydrogen) atoms. The van der Waals surface area contributed by atoms with E-state index in [1.807, 2.05) is 42.5 Å². The molecule has 0 bridgehead atoms. The van der Waals surface area contributed by atoms with Crippen LogP contribution in [-0.4, -0.2) is 34.9 Å². The van der Waals surface area contributed by atoms with Crippen LogP contribution in [0.2, 0.25) is 0 Å². The van der Waals surface area contributed by atoms with Crippen LogP contribution in [0.1, 0.15) is 35.1 Å². The molecule has 4 N–H and O–H groups in total. The monoisotopic (exact) mass is 367 g/mol. The van der Waals surface area contributed by atoms with Gasteiger partial charge in [0, 0.05) is 12.1 Å². The highest BCUT2D eigenvalue weighted by Gasteiger charge is 2.19. The maximum atomic E-state index is 12.6. The molecule has 2 aromatic carbocycles. The van der Waals surface area contributed by atoms with Gasteiger partial charge in [-0.2, -0.15) is 0 Å². The summed E-state index contributed by atoms with van der Waals surface area (Å²) in [5.41, 5.74) is 2.32. The molecule has 0 aliphatic heterocycles. The first kappa shape index (κ1) is 18.6. The van der Waals surface area contributed by atoms with Gasteiger partial charge >= 0.3 is 0 Å². The Balaban J connectivity index is 1.73. The van der Waals surface area contributed by atoms with Crippen LogP contribution in [-0.2, 0) is 0 Å². The van der Waals surface area contributed by atoms with E-state index in [9.17, 15) is 9.18 Å². The Hall–Kier alpha value is -3.22. The Labute approximate surface area is 156 Å². The number of fused-ring (bicyclic) bond motifs is 1. The molecule has 3 aromatic rings. The van der Waals surface area contributed by atoms with Crippen LogP contribution in [0.4, 0.5) is 4.39 Å². The number of para-hydroxylation sites is 2. The number of halogens is 1. The SMILES string of the molecule is N=C(CF)NCCC[C@H](NC(=O)c1ccccc1)c1nc2ccccc2[nH]1. The predicted molar refractivity (Wildman–Crippen MR) is 104 cm³/mol. The van der Waals surface area contributed by atoms with Crippen molar-refractivity contribution in [3.05, 3.63) is 66.0 Å². The number of nitrogens with one attached hydrogen (secondary N) is 4. The van der Waals surface area contributed by atoms with Crippen molar-refractivity contribution in [2.75, 3.05) is 13.2 Å². The number of H-pyrrole nitrogens is 1. The van der Waals surface area contributed by atoms with Gasteiger partial charge < -0.3 is 15.6 Å². The van der Waals surface area contributed by atoms with Gasteiger partial charge in [-0.05, 0) is 37.1 Å². The molecule has 140 valence electrons. The Morgan fingerprint density at radius 2 is 1.89 bits per heavy atom. The summed E-state index contributed by atoms with van der Waals surface area (Å²) in [6.45, 7) is -0.349. The lowest BCUT2D eigenvalue weighted by atomic mass is 10.1. The van der Waals surface area contributed by atoms with Crippen LogP contribution >= 0.6 is 0 Å². The highest BCUT2D eigenvalue weighted by Crippen LogP contribution is 2.20. The smallest absolute Gasteiger partial charge is 0.251 e. The van der Waals surface area contributed by atoms with Crippen molar-refractivity contribution in [2.24, 2.45) is 0 Å². The third kappa shape index (κ3) is 4.91. The zero-order chi connectivity index (χ0) is 19.1. The van der Waals surface area contributed by atoms with Crippen LogP contribution in [0, 0.1) is 5.41 Å². The zero-order valence-electron chi connectivity index (χ0n) is 14.8. The summed E-state index contributed by atoms with van der Waals surface area (Å²) in [5, 5.41) is 13.1. The number of aromatic amines is 1. The molecule has 6 nitrogen and oxygen atoms in total. The normalized spacial score (nSPS) is 11.9. The first-order chi connectivity index (χ1) is 13.2. The van der Waals surface area contributed by atoms with Crippen molar-refractivity contribution in [1.29, 1.82) is 5.41 Å². The van der Waals surface area contributed by atoms with Gasteiger partial charge in [0.1, 0.15) is 18.3 Å². The molecule has 0 spiro atoms. The second-order valence-electron chi connectivity index (χ2n) is 6.21. The molecule has 0 unspecified atom stereocenters. The number of amides is 1. The van der Waals surface area contributed by atoms with E-state index in [1.165, 1.54) is 0 Å². The van der Waals surface area contributed by atoms with Crippen LogP contribution in [0.3, 0.4) is 0 Å². The molecule has 1 aromatic heterocycles. The fourth-order valence-corrected chi connectivity index (χ4v) is 2.84. The van der Waals surface area contributed by atoms with Gasteiger partial charge in [-0.25, -0.2) is 9.37 Å². The maximum absolute atomic E-state index is 12.6. The Kier molecular flexibility index (Phi) is 6.14. The van der Waals surface area contributed by atoms with E-state index < -0.39 is 6.67 Å². The van der Waals surface area contributed by atoms with Gasteiger partial charge in [0.25, 0.3) is 5.91 Å². The number of amidine groups is 1. The first-order valence-corrected chi connectivity index (χ1v) is 8.85. The van der Waals surface area contributed by atoms with Crippen LogP contribution in [0.25, 0.3) is 11.0 Å². The number of alkyl halides is 1. The minimum Gasteiger partial charge on any atom is -0.372 e. The van der Waals surface area contributed by atoms with Crippen LogP contribution in [0.5, 0.6) is 0 Å². The number of imidazole rings is 1. The van der Waals surface area contributed by atoms with Gasteiger partial charge in [0.2, 0.25) is 0 Å². The summed E-state index contributed by atoms with van der Waals surface area (Å²) in [6, 6.07) is 16.4. The second kappa shape index (κ2) is 8.93. The molecular weight excluding hydrogens is 345 g/mol. The molecule has 7 heteroatoms. The Morgan fingerprint density at radius 3 is 2.63 bits per heavy atom. The largest absolute Gasteiger partial charge is 0.372 e. The lowest BCUT2D eigenvalue weighted by Crippen LogP contribution is -2.31. The van der Waals surface area contributed by atoms with Crippen LogP contribution < -0.4 is 10.6 Å². The van der Waals surface area contributed by atoms with Gasteiger partial charge in [0.05, 0.1) is 17.1 Å². The number of carbonyl (C=O) groups is 1.